The molecule has 0 aliphatic heterocycles. The van der Waals surface area contributed by atoms with Crippen molar-refractivity contribution < 1.29 is 34.9 Å². The average Bonchev–Trinajstić information content (AvgIpc) is 2.30. The van der Waals surface area contributed by atoms with Crippen molar-refractivity contribution in [3.63, 3.8) is 0 Å². The van der Waals surface area contributed by atoms with Gasteiger partial charge in [-0.15, -0.1) is 12.1 Å². The molecule has 0 unspecified atom stereocenters. The van der Waals surface area contributed by atoms with Crippen LogP contribution in [0.2, 0.25) is 0 Å². The molecule has 1 nitrogen and oxygen atoms in total. The molecule has 96 valence electrons. The van der Waals surface area contributed by atoms with Gasteiger partial charge >= 0.3 is 23.1 Å². The molecule has 0 aliphatic rings. The van der Waals surface area contributed by atoms with Crippen molar-refractivity contribution in [2.75, 3.05) is 0 Å². The molecule has 2 aromatic rings. The van der Waals surface area contributed by atoms with E-state index in [2.05, 4.69) is 6.07 Å². The van der Waals surface area contributed by atoms with Crippen molar-refractivity contribution in [3.05, 3.63) is 65.5 Å². The van der Waals surface area contributed by atoms with Gasteiger partial charge in [-0.2, -0.15) is 12.1 Å². The summed E-state index contributed by atoms with van der Waals surface area (Å²) in [6.45, 7) is -0.160. The van der Waals surface area contributed by atoms with E-state index in [0.29, 0.717) is 0 Å². The van der Waals surface area contributed by atoms with E-state index in [9.17, 15) is 13.2 Å². The maximum atomic E-state index is 13.2. The summed E-state index contributed by atoms with van der Waals surface area (Å²) >= 11 is 0. The Kier molecular flexibility index (Phi) is 8.13. The Morgan fingerprint density at radius 3 is 2.42 bits per heavy atom. The molecule has 0 atom stereocenters. The van der Waals surface area contributed by atoms with E-state index in [1.54, 1.807) is 0 Å². The third-order valence-electron chi connectivity index (χ3n) is 2.17. The van der Waals surface area contributed by atoms with Gasteiger partial charge < -0.3 is 21.7 Å². The van der Waals surface area contributed by atoms with Crippen LogP contribution in [-0.2, 0) is 6.61 Å². The molecule has 0 amide bonds. The number of halogens is 4. The summed E-state index contributed by atoms with van der Waals surface area (Å²) in [6, 6.07) is 9.67. The Bertz CT molecular complexity index is 537. The Morgan fingerprint density at radius 1 is 1.05 bits per heavy atom. The van der Waals surface area contributed by atoms with Gasteiger partial charge in [-0.05, 0) is 12.1 Å². The van der Waals surface area contributed by atoms with Crippen LogP contribution in [0, 0.1) is 23.5 Å². The number of benzene rings is 2. The largest absolute Gasteiger partial charge is 2.00 e. The zero-order valence-electron chi connectivity index (χ0n) is 9.80. The molecular weight excluding hydrogens is 333 g/mol. The van der Waals surface area contributed by atoms with E-state index in [4.69, 9.17) is 4.74 Å². The molecule has 2 rings (SSSR count). The topological polar surface area (TPSA) is 9.23 Å². The van der Waals surface area contributed by atoms with Crippen LogP contribution in [0.5, 0.6) is 5.75 Å². The third kappa shape index (κ3) is 5.04. The van der Waals surface area contributed by atoms with Gasteiger partial charge in [0, 0.05) is 23.2 Å². The van der Waals surface area contributed by atoms with Crippen LogP contribution in [0.3, 0.4) is 0 Å². The molecule has 0 bridgehead atoms. The number of hydrogen-bond acceptors (Lipinski definition) is 1. The van der Waals surface area contributed by atoms with Gasteiger partial charge in [-0.25, -0.2) is 8.78 Å². The minimum atomic E-state index is -0.715. The van der Waals surface area contributed by atoms with Crippen LogP contribution in [0.25, 0.3) is 0 Å². The molecule has 6 heteroatoms. The first-order chi connectivity index (χ1) is 8.16. The van der Waals surface area contributed by atoms with E-state index >= 15 is 0 Å². The second kappa shape index (κ2) is 8.45. The SMILES string of the molecule is Fc1ccc(COc2cc[c-]cc2F)c(F)c1.[Br-].[Mg+2]. The van der Waals surface area contributed by atoms with E-state index in [1.165, 1.54) is 18.2 Å². The third-order valence-corrected chi connectivity index (χ3v) is 2.17. The van der Waals surface area contributed by atoms with Crippen LogP contribution < -0.4 is 21.7 Å². The predicted molar refractivity (Wildman–Crippen MR) is 61.7 cm³/mol. The van der Waals surface area contributed by atoms with Crippen LogP contribution >= 0.6 is 0 Å². The van der Waals surface area contributed by atoms with Gasteiger partial charge in [0.05, 0.1) is 0 Å². The Balaban J connectivity index is 0.00000162. The van der Waals surface area contributed by atoms with Gasteiger partial charge in [0.2, 0.25) is 0 Å². The summed E-state index contributed by atoms with van der Waals surface area (Å²) in [4.78, 5) is 0. The fourth-order valence-corrected chi connectivity index (χ4v) is 1.31. The summed E-state index contributed by atoms with van der Waals surface area (Å²) in [6.07, 6.45) is 0. The smallest absolute Gasteiger partial charge is 1.00 e. The van der Waals surface area contributed by atoms with Gasteiger partial charge in [-0.3, -0.25) is 4.39 Å². The maximum absolute atomic E-state index is 13.2. The normalized spacial score (nSPS) is 9.21. The van der Waals surface area contributed by atoms with E-state index in [-0.39, 0.29) is 58.0 Å². The summed E-state index contributed by atoms with van der Waals surface area (Å²) < 4.78 is 44.1. The van der Waals surface area contributed by atoms with Gasteiger partial charge in [0.15, 0.2) is 0 Å². The predicted octanol–water partition coefficient (Wildman–Crippen LogP) is 0.106. The fraction of sp³-hybridized carbons (Fsp3) is 0.0769. The van der Waals surface area contributed by atoms with Gasteiger partial charge in [0.25, 0.3) is 0 Å². The first-order valence-corrected chi connectivity index (χ1v) is 4.89. The van der Waals surface area contributed by atoms with Crippen molar-refractivity contribution >= 4 is 23.1 Å². The number of rotatable bonds is 3. The van der Waals surface area contributed by atoms with Crippen molar-refractivity contribution in [2.45, 2.75) is 6.61 Å². The molecule has 0 saturated heterocycles. The maximum Gasteiger partial charge on any atom is 2.00 e. The van der Waals surface area contributed by atoms with Crippen LogP contribution in [-0.4, -0.2) is 23.1 Å². The molecule has 0 fully saturated rings. The molecule has 2 aromatic carbocycles. The van der Waals surface area contributed by atoms with E-state index in [1.807, 2.05) is 0 Å². The molecular formula is C13H8BrF3MgO. The van der Waals surface area contributed by atoms with Gasteiger partial charge in [0.1, 0.15) is 18.2 Å². The van der Waals surface area contributed by atoms with Crippen molar-refractivity contribution in [2.24, 2.45) is 0 Å². The first-order valence-electron chi connectivity index (χ1n) is 4.89. The summed E-state index contributed by atoms with van der Waals surface area (Å²) in [5.41, 5.74) is 0.165. The van der Waals surface area contributed by atoms with Crippen molar-refractivity contribution in [3.8, 4) is 5.75 Å². The zero-order valence-corrected chi connectivity index (χ0v) is 12.8. The first kappa shape index (κ1) is 18.3. The Hall–Kier alpha value is -0.724. The van der Waals surface area contributed by atoms with Crippen molar-refractivity contribution in [1.29, 1.82) is 0 Å². The summed E-state index contributed by atoms with van der Waals surface area (Å²) in [5.74, 6) is -1.94. The number of ether oxygens (including phenoxy) is 1. The van der Waals surface area contributed by atoms with Crippen LogP contribution in [0.4, 0.5) is 13.2 Å². The zero-order chi connectivity index (χ0) is 12.3. The van der Waals surface area contributed by atoms with E-state index < -0.39 is 17.5 Å². The molecule has 0 saturated carbocycles. The summed E-state index contributed by atoms with van der Waals surface area (Å²) in [5, 5.41) is 0. The quantitative estimate of drug-likeness (QED) is 0.569. The average molecular weight is 341 g/mol. The fourth-order valence-electron chi connectivity index (χ4n) is 1.31. The van der Waals surface area contributed by atoms with Crippen LogP contribution in [0.15, 0.2) is 36.4 Å². The molecule has 0 radical (unpaired) electrons. The molecule has 0 aromatic heterocycles. The molecule has 0 aliphatic carbocycles. The molecule has 19 heavy (non-hydrogen) atoms. The second-order valence-electron chi connectivity index (χ2n) is 3.38. The Labute approximate surface area is 135 Å². The Morgan fingerprint density at radius 2 is 1.79 bits per heavy atom. The van der Waals surface area contributed by atoms with Gasteiger partial charge in [-0.1, -0.05) is 0 Å². The molecule has 0 N–H and O–H groups in total. The minimum absolute atomic E-state index is 0. The van der Waals surface area contributed by atoms with Crippen LogP contribution in [0.1, 0.15) is 5.56 Å². The summed E-state index contributed by atoms with van der Waals surface area (Å²) in [7, 11) is 0. The monoisotopic (exact) mass is 340 g/mol. The van der Waals surface area contributed by atoms with Crippen molar-refractivity contribution in [1.82, 2.24) is 0 Å². The second-order valence-corrected chi connectivity index (χ2v) is 3.38. The molecule has 0 spiro atoms. The van der Waals surface area contributed by atoms with E-state index in [0.717, 1.165) is 18.2 Å². The molecule has 0 heterocycles. The minimum Gasteiger partial charge on any atom is -1.00 e. The standard InChI is InChI=1S/C13H8F3O.BrH.Mg/c14-10-6-5-9(12(16)7-10)8-17-13-4-2-1-3-11(13)15;;/h2-7H,8H2;1H;/q-1;;+2/p-1. The number of hydrogen-bond donors (Lipinski definition) is 0.